The monoisotopic (exact) mass is 488 g/mol. The fourth-order valence-corrected chi connectivity index (χ4v) is 5.56. The molecule has 186 valence electrons. The second kappa shape index (κ2) is 9.78. The van der Waals surface area contributed by atoms with Crippen molar-refractivity contribution >= 4 is 0 Å². The Kier molecular flexibility index (Phi) is 7.15. The molecule has 0 radical (unpaired) electrons. The summed E-state index contributed by atoms with van der Waals surface area (Å²) in [5, 5.41) is 0. The van der Waals surface area contributed by atoms with Crippen molar-refractivity contribution in [1.82, 2.24) is 0 Å². The van der Waals surface area contributed by atoms with E-state index in [2.05, 4.69) is 11.7 Å². The highest BCUT2D eigenvalue weighted by Crippen LogP contribution is 2.45. The molecule has 0 aliphatic heterocycles. The Bertz CT molecular complexity index is 999. The van der Waals surface area contributed by atoms with Crippen molar-refractivity contribution in [3.63, 3.8) is 0 Å². The summed E-state index contributed by atoms with van der Waals surface area (Å²) in [5.74, 6) is -7.82. The highest BCUT2D eigenvalue weighted by Gasteiger charge is 2.40. The molecule has 0 N–H and O–H groups in total. The van der Waals surface area contributed by atoms with E-state index in [9.17, 15) is 30.7 Å². The van der Waals surface area contributed by atoms with Crippen LogP contribution < -0.4 is 4.74 Å². The first-order valence-electron chi connectivity index (χ1n) is 11.8. The van der Waals surface area contributed by atoms with Crippen LogP contribution in [0.3, 0.4) is 0 Å². The minimum atomic E-state index is -4.43. The third kappa shape index (κ3) is 5.05. The van der Waals surface area contributed by atoms with E-state index in [4.69, 9.17) is 0 Å². The Labute approximate surface area is 194 Å². The molecule has 0 heterocycles. The molecule has 8 heteroatoms. The first-order valence-corrected chi connectivity index (χ1v) is 11.8. The summed E-state index contributed by atoms with van der Waals surface area (Å²) in [6.45, 7) is 2.26. The summed E-state index contributed by atoms with van der Waals surface area (Å²) >= 11 is 0. The number of hydrogen-bond acceptors (Lipinski definition) is 1. The molecule has 0 bridgehead atoms. The van der Waals surface area contributed by atoms with Crippen molar-refractivity contribution in [2.24, 2.45) is 17.8 Å². The molecule has 0 spiro atoms. The molecule has 2 aromatic carbocycles. The lowest BCUT2D eigenvalue weighted by Crippen LogP contribution is -2.26. The normalized spacial score (nSPS) is 25.9. The van der Waals surface area contributed by atoms with E-state index in [1.54, 1.807) is 0 Å². The second-order valence-corrected chi connectivity index (χ2v) is 9.78. The van der Waals surface area contributed by atoms with Gasteiger partial charge < -0.3 is 4.74 Å². The van der Waals surface area contributed by atoms with Gasteiger partial charge in [0, 0.05) is 12.1 Å². The molecule has 2 aromatic rings. The third-order valence-corrected chi connectivity index (χ3v) is 7.57. The molecular weight excluding hydrogens is 461 g/mol. The fourth-order valence-electron chi connectivity index (χ4n) is 5.56. The average molecular weight is 488 g/mol. The third-order valence-electron chi connectivity index (χ3n) is 7.57. The van der Waals surface area contributed by atoms with E-state index >= 15 is 0 Å². The van der Waals surface area contributed by atoms with Gasteiger partial charge in [0.25, 0.3) is 0 Å². The van der Waals surface area contributed by atoms with Crippen LogP contribution in [0.4, 0.5) is 30.7 Å². The zero-order valence-electron chi connectivity index (χ0n) is 18.8. The minimum Gasteiger partial charge on any atom is -0.429 e. The molecule has 0 saturated heterocycles. The predicted molar refractivity (Wildman–Crippen MR) is 113 cm³/mol. The van der Waals surface area contributed by atoms with Crippen LogP contribution in [0.25, 0.3) is 0 Å². The van der Waals surface area contributed by atoms with Gasteiger partial charge in [-0.25, -0.2) is 22.0 Å². The number of hydrogen-bond donors (Lipinski definition) is 0. The summed E-state index contributed by atoms with van der Waals surface area (Å²) in [4.78, 5) is 0. The van der Waals surface area contributed by atoms with Crippen molar-refractivity contribution in [2.75, 3.05) is 0 Å². The summed E-state index contributed by atoms with van der Waals surface area (Å²) < 4.78 is 103. The molecule has 2 aliphatic rings. The Morgan fingerprint density at radius 3 is 1.79 bits per heavy atom. The van der Waals surface area contributed by atoms with Gasteiger partial charge in [-0.05, 0) is 73.8 Å². The maximum absolute atomic E-state index is 14.9. The first-order chi connectivity index (χ1) is 16.1. The molecule has 34 heavy (non-hydrogen) atoms. The molecule has 2 aliphatic carbocycles. The van der Waals surface area contributed by atoms with E-state index in [1.807, 2.05) is 0 Å². The average Bonchev–Trinajstić information content (AvgIpc) is 2.79. The molecule has 2 saturated carbocycles. The number of ether oxygens (including phenoxy) is 1. The van der Waals surface area contributed by atoms with Crippen molar-refractivity contribution in [3.05, 3.63) is 64.5 Å². The lowest BCUT2D eigenvalue weighted by atomic mass is 9.68. The Morgan fingerprint density at radius 2 is 1.24 bits per heavy atom. The molecule has 0 unspecified atom stereocenters. The van der Waals surface area contributed by atoms with Crippen LogP contribution in [0, 0.1) is 46.8 Å². The van der Waals surface area contributed by atoms with Gasteiger partial charge in [-0.1, -0.05) is 25.8 Å². The Balaban J connectivity index is 1.47. The van der Waals surface area contributed by atoms with Gasteiger partial charge in [0.15, 0.2) is 29.1 Å². The molecule has 2 fully saturated rings. The molecule has 0 amide bonds. The van der Waals surface area contributed by atoms with Gasteiger partial charge in [0.05, 0.1) is 0 Å². The quantitative estimate of drug-likeness (QED) is 0.302. The smallest absolute Gasteiger partial charge is 0.429 e. The lowest BCUT2D eigenvalue weighted by Gasteiger charge is -2.37. The van der Waals surface area contributed by atoms with Gasteiger partial charge in [-0.2, -0.15) is 8.78 Å². The van der Waals surface area contributed by atoms with E-state index in [1.165, 1.54) is 25.7 Å². The number of alkyl halides is 2. The highest BCUT2D eigenvalue weighted by atomic mass is 19.3. The van der Waals surface area contributed by atoms with Gasteiger partial charge in [-0.3, -0.25) is 0 Å². The Morgan fingerprint density at radius 1 is 0.706 bits per heavy atom. The second-order valence-electron chi connectivity index (χ2n) is 9.78. The molecule has 0 aromatic heterocycles. The van der Waals surface area contributed by atoms with Crippen molar-refractivity contribution < 1.29 is 35.5 Å². The summed E-state index contributed by atoms with van der Waals surface area (Å²) in [6, 6.07) is 2.28. The van der Waals surface area contributed by atoms with E-state index in [0.717, 1.165) is 30.9 Å². The van der Waals surface area contributed by atoms with Crippen LogP contribution in [0.1, 0.15) is 75.3 Å². The van der Waals surface area contributed by atoms with Crippen LogP contribution in [0.5, 0.6) is 5.75 Å². The van der Waals surface area contributed by atoms with Gasteiger partial charge in [0.1, 0.15) is 11.3 Å². The molecule has 0 atom stereocenters. The van der Waals surface area contributed by atoms with Crippen LogP contribution in [0.15, 0.2) is 24.3 Å². The van der Waals surface area contributed by atoms with Crippen LogP contribution in [-0.4, -0.2) is 0 Å². The number of halogens is 7. The van der Waals surface area contributed by atoms with Gasteiger partial charge >= 0.3 is 6.11 Å². The van der Waals surface area contributed by atoms with Crippen molar-refractivity contribution in [3.8, 4) is 5.75 Å². The topological polar surface area (TPSA) is 9.23 Å². The number of rotatable bonds is 5. The van der Waals surface area contributed by atoms with E-state index in [0.29, 0.717) is 24.7 Å². The maximum Gasteiger partial charge on any atom is 0.429 e. The lowest BCUT2D eigenvalue weighted by molar-refractivity contribution is -0.188. The van der Waals surface area contributed by atoms with Gasteiger partial charge in [-0.15, -0.1) is 0 Å². The zero-order valence-corrected chi connectivity index (χ0v) is 18.8. The van der Waals surface area contributed by atoms with Crippen molar-refractivity contribution in [1.29, 1.82) is 0 Å². The molecule has 1 nitrogen and oxygen atoms in total. The fraction of sp³-hybridized carbons (Fsp3) is 0.538. The minimum absolute atomic E-state index is 0.0478. The standard InChI is InChI=1S/C26H27F7O/c1-14-2-4-15(5-3-14)16-6-8-17(9-7-16)19-10-11-20(24(30)23(19)29)26(32,33)34-18-12-21(27)25(31)22(28)13-18/h10-17H,2-9H2,1H3. The predicted octanol–water partition coefficient (Wildman–Crippen LogP) is 8.61. The van der Waals surface area contributed by atoms with E-state index in [-0.39, 0.29) is 23.6 Å². The van der Waals surface area contributed by atoms with Gasteiger partial charge in [0.2, 0.25) is 0 Å². The molecular formula is C26H27F7O. The largest absolute Gasteiger partial charge is 0.429 e. The van der Waals surface area contributed by atoms with Crippen LogP contribution in [0.2, 0.25) is 0 Å². The van der Waals surface area contributed by atoms with E-state index < -0.39 is 46.5 Å². The first kappa shape index (κ1) is 24.9. The summed E-state index contributed by atoms with van der Waals surface area (Å²) in [6.07, 6.45) is 3.52. The summed E-state index contributed by atoms with van der Waals surface area (Å²) in [7, 11) is 0. The summed E-state index contributed by atoms with van der Waals surface area (Å²) in [5.41, 5.74) is -1.35. The Hall–Kier alpha value is -2.25. The van der Waals surface area contributed by atoms with Crippen LogP contribution in [-0.2, 0) is 6.11 Å². The van der Waals surface area contributed by atoms with Crippen molar-refractivity contribution in [2.45, 2.75) is 70.3 Å². The highest BCUT2D eigenvalue weighted by molar-refractivity contribution is 5.33. The SMILES string of the molecule is CC1CCC(C2CCC(c3ccc(C(F)(F)Oc4cc(F)c(F)c(F)c4)c(F)c3F)CC2)CC1. The molecule has 4 rings (SSSR count). The number of benzene rings is 2. The zero-order chi connectivity index (χ0) is 24.6. The van der Waals surface area contributed by atoms with Crippen LogP contribution >= 0.6 is 0 Å². The maximum atomic E-state index is 14.9.